The molecule has 3 saturated heterocycles. The smallest absolute Gasteiger partial charge is 0.407 e. The largest absolute Gasteiger partial charge is 0.469 e. The molecule has 3 aliphatic rings. The van der Waals surface area contributed by atoms with Gasteiger partial charge in [0.05, 0.1) is 44.6 Å². The van der Waals surface area contributed by atoms with Crippen LogP contribution in [0.5, 0.6) is 0 Å². The van der Waals surface area contributed by atoms with E-state index in [1.54, 1.807) is 30.9 Å². The fourth-order valence-electron chi connectivity index (χ4n) is 7.31. The highest BCUT2D eigenvalue weighted by Gasteiger charge is 2.50. The molecule has 6 atom stereocenters. The first-order valence-electron chi connectivity index (χ1n) is 18.9. The van der Waals surface area contributed by atoms with Crippen molar-refractivity contribution in [3.8, 4) is 0 Å². The second-order valence-corrected chi connectivity index (χ2v) is 14.9. The first kappa shape index (κ1) is 41.5. The molecule has 0 radical (unpaired) electrons. The normalized spacial score (nSPS) is 21.2. The summed E-state index contributed by atoms with van der Waals surface area (Å²) >= 11 is 0. The zero-order chi connectivity index (χ0) is 40.7. The summed E-state index contributed by atoms with van der Waals surface area (Å²) in [6.07, 6.45) is 4.36. The first-order chi connectivity index (χ1) is 26.7. The highest BCUT2D eigenvalue weighted by Crippen LogP contribution is 2.33. The van der Waals surface area contributed by atoms with E-state index < -0.39 is 42.0 Å². The van der Waals surface area contributed by atoms with E-state index in [0.29, 0.717) is 44.5 Å². The molecular weight excluding hydrogens is 726 g/mol. The predicted octanol–water partition coefficient (Wildman–Crippen LogP) is 2.14. The van der Waals surface area contributed by atoms with Crippen molar-refractivity contribution in [2.24, 2.45) is 17.8 Å². The lowest BCUT2D eigenvalue weighted by molar-refractivity contribution is -0.142. The molecule has 6 amide bonds. The van der Waals surface area contributed by atoms with Gasteiger partial charge in [-0.05, 0) is 61.8 Å². The Hall–Kier alpha value is -5.65. The van der Waals surface area contributed by atoms with Crippen molar-refractivity contribution in [2.45, 2.75) is 90.0 Å². The molecule has 56 heavy (non-hydrogen) atoms. The van der Waals surface area contributed by atoms with Gasteiger partial charge in [0.15, 0.2) is 0 Å². The van der Waals surface area contributed by atoms with Gasteiger partial charge in [0, 0.05) is 36.4 Å². The maximum absolute atomic E-state index is 13.7. The zero-order valence-corrected chi connectivity index (χ0v) is 32.5. The summed E-state index contributed by atoms with van der Waals surface area (Å²) in [6.45, 7) is 8.30. The number of likely N-dealkylation sites (tertiary alicyclic amines) is 2. The Morgan fingerprint density at radius 3 is 1.88 bits per heavy atom. The van der Waals surface area contributed by atoms with Crippen LogP contribution in [0.25, 0.3) is 0 Å². The second-order valence-electron chi connectivity index (χ2n) is 14.9. The number of carbonyl (C=O) groups is 7. The van der Waals surface area contributed by atoms with Crippen LogP contribution >= 0.6 is 0 Å². The van der Waals surface area contributed by atoms with E-state index in [1.165, 1.54) is 43.6 Å². The minimum Gasteiger partial charge on any atom is -0.469 e. The molecule has 0 aliphatic carbocycles. The van der Waals surface area contributed by atoms with Gasteiger partial charge in [-0.3, -0.25) is 34.1 Å². The summed E-state index contributed by atoms with van der Waals surface area (Å²) in [5.74, 6) is -2.76. The van der Waals surface area contributed by atoms with Crippen molar-refractivity contribution in [2.75, 3.05) is 43.3 Å². The third kappa shape index (κ3) is 9.96. The molecule has 0 spiro atoms. The number of carbonyl (C=O) groups excluding carboxylic acids is 7. The Balaban J connectivity index is 1.12. The molecule has 0 saturated carbocycles. The number of esters is 1. The summed E-state index contributed by atoms with van der Waals surface area (Å²) < 4.78 is 9.42. The van der Waals surface area contributed by atoms with Gasteiger partial charge in [-0.15, -0.1) is 0 Å². The first-order valence-corrected chi connectivity index (χ1v) is 18.9. The van der Waals surface area contributed by atoms with Crippen molar-refractivity contribution in [1.82, 2.24) is 30.4 Å². The van der Waals surface area contributed by atoms with Crippen molar-refractivity contribution in [3.63, 3.8) is 0 Å². The molecule has 18 heteroatoms. The summed E-state index contributed by atoms with van der Waals surface area (Å²) in [5, 5.41) is 14.0. The SMILES string of the molecule is COC(=O)CC1NC1C(C(=O)N1CCCC1C(=O)Nc1ccc(C(=O)Nc2ncc(NC(=O)C3CCCN3C(=O)C(NC(=O)OC)C(C)C)cn2)cc1)C(C)C. The van der Waals surface area contributed by atoms with Gasteiger partial charge in [0.25, 0.3) is 5.91 Å². The summed E-state index contributed by atoms with van der Waals surface area (Å²) in [7, 11) is 2.54. The van der Waals surface area contributed by atoms with Crippen LogP contribution in [0, 0.1) is 17.8 Å². The van der Waals surface area contributed by atoms with Crippen LogP contribution in [0.3, 0.4) is 0 Å². The Morgan fingerprint density at radius 2 is 1.34 bits per heavy atom. The molecule has 4 heterocycles. The highest BCUT2D eigenvalue weighted by atomic mass is 16.5. The Morgan fingerprint density at radius 1 is 0.768 bits per heavy atom. The number of hydrogen-bond donors (Lipinski definition) is 5. The van der Waals surface area contributed by atoms with E-state index in [2.05, 4.69) is 41.3 Å². The van der Waals surface area contributed by atoms with Gasteiger partial charge in [0.1, 0.15) is 18.1 Å². The van der Waals surface area contributed by atoms with Crippen molar-refractivity contribution < 1.29 is 43.0 Å². The summed E-state index contributed by atoms with van der Waals surface area (Å²) in [4.78, 5) is 102. The number of hydrogen-bond acceptors (Lipinski definition) is 12. The third-order valence-corrected chi connectivity index (χ3v) is 10.4. The van der Waals surface area contributed by atoms with Gasteiger partial charge in [-0.2, -0.15) is 0 Å². The van der Waals surface area contributed by atoms with Crippen LogP contribution < -0.4 is 26.6 Å². The highest BCUT2D eigenvalue weighted by molar-refractivity contribution is 6.04. The Bertz CT molecular complexity index is 1790. The number of methoxy groups -OCH3 is 2. The lowest BCUT2D eigenvalue weighted by Crippen LogP contribution is -2.54. The molecule has 0 bridgehead atoms. The molecule has 1 aromatic carbocycles. The van der Waals surface area contributed by atoms with Gasteiger partial charge >= 0.3 is 12.1 Å². The van der Waals surface area contributed by atoms with E-state index in [1.807, 2.05) is 13.8 Å². The van der Waals surface area contributed by atoms with Gasteiger partial charge in [-0.25, -0.2) is 14.8 Å². The number of ether oxygens (including phenoxy) is 2. The molecule has 2 aromatic rings. The summed E-state index contributed by atoms with van der Waals surface area (Å²) in [6, 6.07) is 3.66. The fraction of sp³-hybridized carbons (Fsp3) is 0.553. The van der Waals surface area contributed by atoms with Gasteiger partial charge in [0.2, 0.25) is 29.6 Å². The van der Waals surface area contributed by atoms with E-state index in [4.69, 9.17) is 4.74 Å². The molecule has 3 aliphatic heterocycles. The molecule has 302 valence electrons. The maximum atomic E-state index is 13.7. The number of rotatable bonds is 14. The number of nitrogens with one attached hydrogen (secondary N) is 5. The van der Waals surface area contributed by atoms with Crippen molar-refractivity contribution in [1.29, 1.82) is 0 Å². The van der Waals surface area contributed by atoms with E-state index in [0.717, 1.165) is 0 Å². The number of benzene rings is 1. The fourth-order valence-corrected chi connectivity index (χ4v) is 7.31. The third-order valence-electron chi connectivity index (χ3n) is 10.4. The zero-order valence-electron chi connectivity index (χ0n) is 32.5. The standard InChI is InChI=1S/C38H51N9O9/c1-20(2)29(31-25(43-31)17-28(48)55-5)35(52)46-15-7-9-26(46)33(50)41-23-13-11-22(12-14-23)32(49)45-37-39-18-24(19-40-37)42-34(51)27-10-8-16-47(27)36(53)30(21(3)4)44-38(54)56-6/h11-14,18-21,25-27,29-31,43H,7-10,15-17H2,1-6H3,(H,41,50)(H,42,51)(H,44,54)(H,39,40,45,49). The lowest BCUT2D eigenvalue weighted by atomic mass is 9.88. The van der Waals surface area contributed by atoms with Crippen LogP contribution in [-0.2, 0) is 33.4 Å². The number of anilines is 3. The molecule has 5 rings (SSSR count). The number of amides is 6. The molecule has 6 unspecified atom stereocenters. The summed E-state index contributed by atoms with van der Waals surface area (Å²) in [5.41, 5.74) is 0.980. The molecule has 18 nitrogen and oxygen atoms in total. The molecule has 3 fully saturated rings. The average molecular weight is 778 g/mol. The number of aromatic nitrogens is 2. The van der Waals surface area contributed by atoms with E-state index in [-0.39, 0.29) is 71.2 Å². The van der Waals surface area contributed by atoms with Gasteiger partial charge in [-0.1, -0.05) is 27.7 Å². The maximum Gasteiger partial charge on any atom is 0.407 e. The lowest BCUT2D eigenvalue weighted by Gasteiger charge is -2.30. The van der Waals surface area contributed by atoms with Crippen LogP contribution in [0.4, 0.5) is 22.1 Å². The van der Waals surface area contributed by atoms with E-state index >= 15 is 0 Å². The van der Waals surface area contributed by atoms with Crippen LogP contribution in [-0.4, -0.2) is 119 Å². The van der Waals surface area contributed by atoms with Crippen molar-refractivity contribution >= 4 is 58.9 Å². The molecular formula is C38H51N9O9. The van der Waals surface area contributed by atoms with E-state index in [9.17, 15) is 33.6 Å². The second kappa shape index (κ2) is 18.3. The number of alkyl carbamates (subject to hydrolysis) is 1. The monoisotopic (exact) mass is 777 g/mol. The van der Waals surface area contributed by atoms with Crippen LogP contribution in [0.1, 0.15) is 70.2 Å². The van der Waals surface area contributed by atoms with Crippen LogP contribution in [0.2, 0.25) is 0 Å². The minimum atomic E-state index is -0.860. The minimum absolute atomic E-state index is 0.00988. The van der Waals surface area contributed by atoms with Gasteiger partial charge < -0.3 is 40.5 Å². The van der Waals surface area contributed by atoms with Crippen molar-refractivity contribution in [3.05, 3.63) is 42.2 Å². The average Bonchev–Trinajstić information content (AvgIpc) is 3.52. The predicted molar refractivity (Wildman–Crippen MR) is 203 cm³/mol. The topological polar surface area (TPSA) is 240 Å². The number of nitrogens with zero attached hydrogens (tertiary/aromatic N) is 4. The molecule has 5 N–H and O–H groups in total. The quantitative estimate of drug-likeness (QED) is 0.137. The van der Waals surface area contributed by atoms with Crippen LogP contribution in [0.15, 0.2) is 36.7 Å². The Labute approximate surface area is 325 Å². The Kier molecular flexibility index (Phi) is 13.6. The molecule has 1 aromatic heterocycles.